The van der Waals surface area contributed by atoms with Crippen molar-refractivity contribution in [2.45, 2.75) is 0 Å². The van der Waals surface area contributed by atoms with E-state index < -0.39 is 15.6 Å². The first-order chi connectivity index (χ1) is 4.00. The van der Waals surface area contributed by atoms with E-state index in [4.69, 9.17) is 38.5 Å². The van der Waals surface area contributed by atoms with Gasteiger partial charge in [0.05, 0.1) is 0 Å². The molecule has 0 spiro atoms. The Labute approximate surface area is 108 Å². The summed E-state index contributed by atoms with van der Waals surface area (Å²) in [6.45, 7) is 0. The Bertz CT molecular complexity index is 129. The Kier molecular flexibility index (Phi) is 19.0. The number of hydrogen-bond donors (Lipinski definition) is 2. The third-order valence-corrected chi connectivity index (χ3v) is 0. The molecule has 2 radical (unpaired) electrons. The molecule has 0 aromatic carbocycles. The van der Waals surface area contributed by atoms with Crippen LogP contribution >= 0.6 is 15.6 Å². The first-order valence-electron chi connectivity index (χ1n) is 1.50. The van der Waals surface area contributed by atoms with E-state index in [1.54, 1.807) is 0 Å². The van der Waals surface area contributed by atoms with E-state index >= 15 is 0 Å². The monoisotopic (exact) mass is 514 g/mol. The van der Waals surface area contributed by atoms with Crippen LogP contribution in [0.15, 0.2) is 0 Å². The summed E-state index contributed by atoms with van der Waals surface area (Å²) in [5.74, 6) is 0. The summed E-state index contributed by atoms with van der Waals surface area (Å²) in [5, 5.41) is 0. The van der Waals surface area contributed by atoms with Gasteiger partial charge >= 0.3 is 54.6 Å². The molecule has 0 bridgehead atoms. The van der Waals surface area contributed by atoms with Gasteiger partial charge in [-0.2, -0.15) is 7.82 Å². The van der Waals surface area contributed by atoms with Crippen LogP contribution < -0.4 is 19.6 Å². The molecule has 12 heteroatoms. The predicted molar refractivity (Wildman–Crippen MR) is 25.4 cm³/mol. The van der Waals surface area contributed by atoms with Gasteiger partial charge in [-0.3, -0.25) is 4.57 Å². The molecule has 0 saturated heterocycles. The van der Waals surface area contributed by atoms with Crippen molar-refractivity contribution in [2.75, 3.05) is 0 Å². The molecule has 0 aliphatic heterocycles. The van der Waals surface area contributed by atoms with Gasteiger partial charge in [0.15, 0.2) is 0 Å². The molecule has 2 N–H and O–H groups in total. The number of rotatable bonds is 0. The van der Waals surface area contributed by atoms with Crippen molar-refractivity contribution in [1.82, 2.24) is 0 Å². The second-order valence-corrected chi connectivity index (χ2v) is 2.81. The molecule has 0 aromatic heterocycles. The largest absolute Gasteiger partial charge is 2.00 e. The Morgan fingerprint density at radius 3 is 0.917 bits per heavy atom. The average molecular weight is 512 g/mol. The zero-order valence-corrected chi connectivity index (χ0v) is 15.2. The minimum atomic E-state index is -5.39. The average Bonchev–Trinajstić information content (AvgIpc) is 1.12. The minimum Gasteiger partial charge on any atom is -0.822 e. The first-order valence-corrected chi connectivity index (χ1v) is 4.49. The fourth-order valence-corrected chi connectivity index (χ4v) is 0. The van der Waals surface area contributed by atoms with Crippen LogP contribution in [0.5, 0.6) is 0 Å². The molecule has 0 amide bonds. The van der Waals surface area contributed by atoms with E-state index in [2.05, 4.69) is 0 Å². The second-order valence-electron chi connectivity index (χ2n) is 0.938. The predicted octanol–water partition coefficient (Wildman–Crippen LogP) is -4.77. The van der Waals surface area contributed by atoms with Crippen LogP contribution in [0.3, 0.4) is 0 Å². The number of phosphoric acid groups is 2. The summed E-state index contributed by atoms with van der Waals surface area (Å²) < 4.78 is 17.3. The SMILES string of the molecule is O=P([O-])(O)O.O=P([O-])([O-])[O-].[Cd+2].[Pb+2]. The van der Waals surface area contributed by atoms with Gasteiger partial charge in [-0.05, 0) is 0 Å². The Morgan fingerprint density at radius 2 is 0.917 bits per heavy atom. The normalized spacial score (nSPS) is 9.83. The standard InChI is InChI=1S/Cd.2H3O4P.Pb/c;2*1-5(2,3)4;/h;2*(H3,1,2,3,4);/q+2;;;+2/p-4. The maximum Gasteiger partial charge on any atom is 2.00 e. The van der Waals surface area contributed by atoms with Gasteiger partial charge in [-0.15, -0.1) is 0 Å². The van der Waals surface area contributed by atoms with Crippen LogP contribution in [-0.2, 0) is 36.4 Å². The molecule has 0 rings (SSSR count). The van der Waals surface area contributed by atoms with Crippen LogP contribution in [0.1, 0.15) is 0 Å². The fraction of sp³-hybridized carbons (Fsp3) is 0. The van der Waals surface area contributed by atoms with Gasteiger partial charge in [0.1, 0.15) is 0 Å². The Morgan fingerprint density at radius 1 is 0.917 bits per heavy atom. The summed E-state index contributed by atoms with van der Waals surface area (Å²) in [7, 11) is -10.3. The minimum absolute atomic E-state index is 0. The van der Waals surface area contributed by atoms with Crippen molar-refractivity contribution >= 4 is 42.9 Å². The van der Waals surface area contributed by atoms with E-state index in [1.165, 1.54) is 0 Å². The van der Waals surface area contributed by atoms with Gasteiger partial charge in [-0.25, -0.2) is 0 Å². The zero-order chi connectivity index (χ0) is 9.00. The molecule has 0 aliphatic carbocycles. The van der Waals surface area contributed by atoms with E-state index in [0.29, 0.717) is 0 Å². The van der Waals surface area contributed by atoms with Crippen LogP contribution in [0.25, 0.3) is 0 Å². The third kappa shape index (κ3) is 347. The third-order valence-electron chi connectivity index (χ3n) is 0. The maximum absolute atomic E-state index is 8.77. The van der Waals surface area contributed by atoms with Gasteiger partial charge in [0.25, 0.3) is 7.82 Å². The van der Waals surface area contributed by atoms with E-state index in [9.17, 15) is 0 Å². The fourth-order valence-electron chi connectivity index (χ4n) is 0. The topological polar surface area (TPSA) is 167 Å². The summed E-state index contributed by atoms with van der Waals surface area (Å²) in [4.78, 5) is 48.6. The van der Waals surface area contributed by atoms with Crippen molar-refractivity contribution in [3.05, 3.63) is 0 Å². The molecule has 12 heavy (non-hydrogen) atoms. The van der Waals surface area contributed by atoms with E-state index in [0.717, 1.165) is 0 Å². The molecule has 66 valence electrons. The van der Waals surface area contributed by atoms with Crippen LogP contribution in [0.2, 0.25) is 0 Å². The summed E-state index contributed by atoms with van der Waals surface area (Å²) in [6, 6.07) is 0. The van der Waals surface area contributed by atoms with Crippen LogP contribution in [0.4, 0.5) is 0 Å². The number of hydrogen-bond acceptors (Lipinski definition) is 6. The molecule has 0 unspecified atom stereocenters. The summed E-state index contributed by atoms with van der Waals surface area (Å²) in [5.41, 5.74) is 0. The van der Waals surface area contributed by atoms with Crippen LogP contribution in [-0.4, -0.2) is 37.1 Å². The second kappa shape index (κ2) is 9.61. The van der Waals surface area contributed by atoms with Crippen molar-refractivity contribution in [3.8, 4) is 0 Å². The Hall–Kier alpha value is 2.06. The van der Waals surface area contributed by atoms with E-state index in [-0.39, 0.29) is 54.6 Å². The van der Waals surface area contributed by atoms with Crippen molar-refractivity contribution in [3.63, 3.8) is 0 Å². The Balaban J connectivity index is -0.0000000457. The maximum atomic E-state index is 8.77. The first kappa shape index (κ1) is 23.7. The van der Waals surface area contributed by atoms with Crippen molar-refractivity contribution in [1.29, 1.82) is 0 Å². The van der Waals surface area contributed by atoms with Gasteiger partial charge in [0, 0.05) is 0 Å². The van der Waals surface area contributed by atoms with Crippen molar-refractivity contribution < 1.29 is 65.8 Å². The van der Waals surface area contributed by atoms with E-state index in [1.807, 2.05) is 0 Å². The van der Waals surface area contributed by atoms with Crippen molar-refractivity contribution in [2.24, 2.45) is 0 Å². The molecule has 0 aromatic rings. The van der Waals surface area contributed by atoms with Crippen LogP contribution in [0, 0.1) is 0 Å². The molecular formula is H2CdO8P2Pb. The van der Waals surface area contributed by atoms with Gasteiger partial charge in [0.2, 0.25) is 0 Å². The molecule has 0 fully saturated rings. The quantitative estimate of drug-likeness (QED) is 0.241. The molecule has 0 atom stereocenters. The smallest absolute Gasteiger partial charge is 0.822 e. The summed E-state index contributed by atoms with van der Waals surface area (Å²) in [6.07, 6.45) is 0. The molecule has 0 saturated carbocycles. The molecule has 8 nitrogen and oxygen atoms in total. The molecular weight excluding hydrogens is 510 g/mol. The zero-order valence-electron chi connectivity index (χ0n) is 5.45. The van der Waals surface area contributed by atoms with Gasteiger partial charge < -0.3 is 33.9 Å². The molecule has 0 heterocycles. The molecule has 0 aliphatic rings. The summed E-state index contributed by atoms with van der Waals surface area (Å²) >= 11 is 0. The van der Waals surface area contributed by atoms with Gasteiger partial charge in [-0.1, -0.05) is 0 Å².